The fourth-order valence-corrected chi connectivity index (χ4v) is 1.68. The number of halogens is 2. The van der Waals surface area contributed by atoms with Crippen molar-refractivity contribution in [1.82, 2.24) is 15.0 Å². The Morgan fingerprint density at radius 1 is 1.32 bits per heavy atom. The Hall–Kier alpha value is -1.95. The van der Waals surface area contributed by atoms with Crippen molar-refractivity contribution in [3.05, 3.63) is 35.4 Å². The highest BCUT2D eigenvalue weighted by Crippen LogP contribution is 2.22. The van der Waals surface area contributed by atoms with E-state index in [0.29, 0.717) is 24.1 Å². The van der Waals surface area contributed by atoms with Crippen molar-refractivity contribution < 1.29 is 4.39 Å². The van der Waals surface area contributed by atoms with Crippen molar-refractivity contribution in [2.24, 2.45) is 0 Å². The van der Waals surface area contributed by atoms with Crippen LogP contribution >= 0.6 is 11.6 Å². The van der Waals surface area contributed by atoms with Crippen LogP contribution < -0.4 is 10.2 Å². The largest absolute Gasteiger partial charge is 0.354 e. The van der Waals surface area contributed by atoms with Crippen molar-refractivity contribution >= 4 is 29.2 Å². The monoisotopic (exact) mass is 281 g/mol. The van der Waals surface area contributed by atoms with Crippen LogP contribution in [0, 0.1) is 5.82 Å². The van der Waals surface area contributed by atoms with Crippen LogP contribution in [-0.2, 0) is 0 Å². The number of aromatic nitrogens is 3. The highest BCUT2D eigenvalue weighted by Gasteiger charge is 2.11. The van der Waals surface area contributed by atoms with Crippen molar-refractivity contribution in [3.8, 4) is 0 Å². The quantitative estimate of drug-likeness (QED) is 0.934. The first kappa shape index (κ1) is 13.5. The summed E-state index contributed by atoms with van der Waals surface area (Å²) in [6, 6.07) is 6.15. The molecule has 0 saturated heterocycles. The molecule has 0 saturated carbocycles. The number of rotatable bonds is 4. The second kappa shape index (κ2) is 5.79. The molecule has 5 nitrogen and oxygen atoms in total. The highest BCUT2D eigenvalue weighted by atomic mass is 35.5. The third-order valence-electron chi connectivity index (χ3n) is 2.43. The second-order valence-corrected chi connectivity index (χ2v) is 4.14. The third kappa shape index (κ3) is 3.29. The molecule has 0 atom stereocenters. The minimum Gasteiger partial charge on any atom is -0.354 e. The summed E-state index contributed by atoms with van der Waals surface area (Å²) in [7, 11) is 1.73. The maximum absolute atomic E-state index is 13.2. The van der Waals surface area contributed by atoms with Crippen LogP contribution in [0.15, 0.2) is 24.3 Å². The molecule has 0 spiro atoms. The molecule has 100 valence electrons. The molecule has 0 fully saturated rings. The van der Waals surface area contributed by atoms with Gasteiger partial charge in [-0.3, -0.25) is 0 Å². The van der Waals surface area contributed by atoms with E-state index in [-0.39, 0.29) is 11.1 Å². The zero-order valence-corrected chi connectivity index (χ0v) is 11.3. The molecule has 0 radical (unpaired) electrons. The van der Waals surface area contributed by atoms with E-state index in [9.17, 15) is 4.39 Å². The Labute approximate surface area is 115 Å². The van der Waals surface area contributed by atoms with Gasteiger partial charge in [0.15, 0.2) is 0 Å². The third-order valence-corrected chi connectivity index (χ3v) is 2.60. The van der Waals surface area contributed by atoms with Gasteiger partial charge in [-0.15, -0.1) is 0 Å². The molecule has 19 heavy (non-hydrogen) atoms. The van der Waals surface area contributed by atoms with E-state index in [2.05, 4.69) is 20.3 Å². The first-order chi connectivity index (χ1) is 9.10. The van der Waals surface area contributed by atoms with E-state index in [0.717, 1.165) is 0 Å². The van der Waals surface area contributed by atoms with Gasteiger partial charge in [0.05, 0.1) is 0 Å². The molecule has 0 bridgehead atoms. The van der Waals surface area contributed by atoms with Gasteiger partial charge in [-0.1, -0.05) is 6.07 Å². The zero-order valence-electron chi connectivity index (χ0n) is 10.6. The molecule has 0 aliphatic rings. The standard InChI is InChI=1S/C12H13ClFN5/c1-3-15-11-16-10(13)17-12(18-11)19(2)9-6-4-5-8(14)7-9/h4-7H,3H2,1-2H3,(H,15,16,17,18). The molecule has 0 aliphatic heterocycles. The lowest BCUT2D eigenvalue weighted by atomic mass is 10.3. The Bertz CT molecular complexity index is 578. The molecule has 1 N–H and O–H groups in total. The summed E-state index contributed by atoms with van der Waals surface area (Å²) in [5.74, 6) is 0.415. The number of hydrogen-bond donors (Lipinski definition) is 1. The van der Waals surface area contributed by atoms with E-state index < -0.39 is 0 Å². The van der Waals surface area contributed by atoms with Gasteiger partial charge in [-0.2, -0.15) is 15.0 Å². The van der Waals surface area contributed by atoms with E-state index in [1.54, 1.807) is 24.1 Å². The molecule has 0 aliphatic carbocycles. The van der Waals surface area contributed by atoms with E-state index in [1.165, 1.54) is 12.1 Å². The van der Waals surface area contributed by atoms with Gasteiger partial charge in [0.1, 0.15) is 5.82 Å². The molecule has 0 amide bonds. The van der Waals surface area contributed by atoms with Crippen molar-refractivity contribution in [2.45, 2.75) is 6.92 Å². The number of hydrogen-bond acceptors (Lipinski definition) is 5. The van der Waals surface area contributed by atoms with Crippen molar-refractivity contribution in [2.75, 3.05) is 23.8 Å². The summed E-state index contributed by atoms with van der Waals surface area (Å²) in [5, 5.41) is 3.05. The van der Waals surface area contributed by atoms with E-state index in [1.807, 2.05) is 6.92 Å². The van der Waals surface area contributed by atoms with Crippen LogP contribution in [0.25, 0.3) is 0 Å². The molecule has 1 heterocycles. The van der Waals surface area contributed by atoms with Crippen LogP contribution in [0.4, 0.5) is 22.0 Å². The van der Waals surface area contributed by atoms with Crippen LogP contribution in [-0.4, -0.2) is 28.5 Å². The lowest BCUT2D eigenvalue weighted by Crippen LogP contribution is -2.15. The normalized spacial score (nSPS) is 10.3. The Balaban J connectivity index is 2.35. The summed E-state index contributed by atoms with van der Waals surface area (Å²) in [6.07, 6.45) is 0. The van der Waals surface area contributed by atoms with Gasteiger partial charge < -0.3 is 10.2 Å². The molecule has 2 rings (SSSR count). The van der Waals surface area contributed by atoms with Crippen molar-refractivity contribution in [3.63, 3.8) is 0 Å². The van der Waals surface area contributed by atoms with Gasteiger partial charge in [0, 0.05) is 19.3 Å². The number of nitrogens with one attached hydrogen (secondary N) is 1. The molecule has 0 unspecified atom stereocenters. The van der Waals surface area contributed by atoms with Crippen LogP contribution in [0.3, 0.4) is 0 Å². The maximum atomic E-state index is 13.2. The van der Waals surface area contributed by atoms with Crippen LogP contribution in [0.5, 0.6) is 0 Å². The molecular weight excluding hydrogens is 269 g/mol. The topological polar surface area (TPSA) is 53.9 Å². The summed E-state index contributed by atoms with van der Waals surface area (Å²) in [6.45, 7) is 2.59. The minimum absolute atomic E-state index is 0.0872. The fourth-order valence-electron chi connectivity index (χ4n) is 1.53. The summed E-state index contributed by atoms with van der Waals surface area (Å²) in [5.41, 5.74) is 0.629. The fraction of sp³-hybridized carbons (Fsp3) is 0.250. The number of anilines is 3. The van der Waals surface area contributed by atoms with Crippen LogP contribution in [0.2, 0.25) is 5.28 Å². The smallest absolute Gasteiger partial charge is 0.235 e. The van der Waals surface area contributed by atoms with E-state index >= 15 is 0 Å². The van der Waals surface area contributed by atoms with Gasteiger partial charge in [-0.25, -0.2) is 4.39 Å². The predicted molar refractivity (Wildman–Crippen MR) is 73.5 cm³/mol. The Kier molecular flexibility index (Phi) is 4.11. The van der Waals surface area contributed by atoms with Crippen LogP contribution in [0.1, 0.15) is 6.92 Å². The molecule has 1 aromatic heterocycles. The molecule has 1 aromatic carbocycles. The minimum atomic E-state index is -0.323. The van der Waals surface area contributed by atoms with Crippen molar-refractivity contribution in [1.29, 1.82) is 0 Å². The van der Waals surface area contributed by atoms with E-state index in [4.69, 9.17) is 11.6 Å². The summed E-state index contributed by atoms with van der Waals surface area (Å²) < 4.78 is 13.2. The lowest BCUT2D eigenvalue weighted by Gasteiger charge is -2.17. The summed E-state index contributed by atoms with van der Waals surface area (Å²) >= 11 is 5.85. The second-order valence-electron chi connectivity index (χ2n) is 3.80. The molecule has 2 aromatic rings. The average molecular weight is 282 g/mol. The Morgan fingerprint density at radius 2 is 2.11 bits per heavy atom. The number of benzene rings is 1. The summed E-state index contributed by atoms with van der Waals surface area (Å²) in [4.78, 5) is 13.8. The molecular formula is C12H13ClFN5. The first-order valence-electron chi connectivity index (χ1n) is 5.75. The van der Waals surface area contributed by atoms with Gasteiger partial charge in [0.25, 0.3) is 0 Å². The molecule has 7 heteroatoms. The van der Waals surface area contributed by atoms with Gasteiger partial charge in [-0.05, 0) is 36.7 Å². The SMILES string of the molecule is CCNc1nc(Cl)nc(N(C)c2cccc(F)c2)n1. The van der Waals surface area contributed by atoms with Gasteiger partial charge >= 0.3 is 0 Å². The number of nitrogens with zero attached hydrogens (tertiary/aromatic N) is 4. The highest BCUT2D eigenvalue weighted by molar-refractivity contribution is 6.28. The lowest BCUT2D eigenvalue weighted by molar-refractivity contribution is 0.628. The van der Waals surface area contributed by atoms with Gasteiger partial charge in [0.2, 0.25) is 17.2 Å². The predicted octanol–water partition coefficient (Wildman–Crippen LogP) is 2.86. The Morgan fingerprint density at radius 3 is 2.79 bits per heavy atom. The first-order valence-corrected chi connectivity index (χ1v) is 6.12. The zero-order chi connectivity index (χ0) is 13.8. The average Bonchev–Trinajstić information content (AvgIpc) is 2.37. The maximum Gasteiger partial charge on any atom is 0.235 e.